The predicted molar refractivity (Wildman–Crippen MR) is 96.8 cm³/mol. The summed E-state index contributed by atoms with van der Waals surface area (Å²) >= 11 is 6.07. The van der Waals surface area contributed by atoms with Crippen LogP contribution < -0.4 is 4.90 Å². The zero-order valence-corrected chi connectivity index (χ0v) is 14.5. The van der Waals surface area contributed by atoms with Crippen LogP contribution in [0.3, 0.4) is 0 Å². The summed E-state index contributed by atoms with van der Waals surface area (Å²) < 4.78 is 4.77. The minimum atomic E-state index is -0.476. The van der Waals surface area contributed by atoms with Gasteiger partial charge >= 0.3 is 5.97 Å². The van der Waals surface area contributed by atoms with E-state index in [-0.39, 0.29) is 11.7 Å². The monoisotopic (exact) mass is 371 g/mol. The number of carbonyl (C=O) groups is 1. The molecular formula is C18H14ClN3O4. The Kier molecular flexibility index (Phi) is 4.99. The van der Waals surface area contributed by atoms with E-state index >= 15 is 0 Å². The van der Waals surface area contributed by atoms with Gasteiger partial charge in [-0.3, -0.25) is 10.1 Å². The molecule has 0 spiro atoms. The Morgan fingerprint density at radius 2 is 2.04 bits per heavy atom. The van der Waals surface area contributed by atoms with Crippen molar-refractivity contribution in [3.8, 4) is 0 Å². The number of nitro benzene ring substituents is 1. The molecule has 1 aromatic carbocycles. The molecule has 1 unspecified atom stereocenters. The van der Waals surface area contributed by atoms with Crippen LogP contribution in [0.2, 0.25) is 5.02 Å². The average molecular weight is 372 g/mol. The third-order valence-electron chi connectivity index (χ3n) is 3.87. The first-order valence-corrected chi connectivity index (χ1v) is 8.00. The fourth-order valence-corrected chi connectivity index (χ4v) is 2.76. The number of pyridine rings is 1. The van der Waals surface area contributed by atoms with E-state index in [1.807, 2.05) is 0 Å². The minimum Gasteiger partial charge on any atom is -0.465 e. The van der Waals surface area contributed by atoms with E-state index in [0.29, 0.717) is 16.4 Å². The summed E-state index contributed by atoms with van der Waals surface area (Å²) in [5.74, 6) is 0.0574. The molecular weight excluding hydrogens is 358 g/mol. The number of ether oxygens (including phenoxy) is 1. The van der Waals surface area contributed by atoms with Gasteiger partial charge in [0.15, 0.2) is 0 Å². The first kappa shape index (κ1) is 17.6. The quantitative estimate of drug-likeness (QED) is 0.461. The molecule has 1 aliphatic heterocycles. The lowest BCUT2D eigenvalue weighted by Crippen LogP contribution is -2.27. The van der Waals surface area contributed by atoms with Crippen LogP contribution in [0.1, 0.15) is 11.6 Å². The van der Waals surface area contributed by atoms with E-state index < -0.39 is 10.9 Å². The van der Waals surface area contributed by atoms with Gasteiger partial charge in [0.25, 0.3) is 5.69 Å². The number of rotatable bonds is 4. The van der Waals surface area contributed by atoms with Crippen LogP contribution in [0.4, 0.5) is 11.5 Å². The number of aromatic nitrogens is 1. The average Bonchev–Trinajstić information content (AvgIpc) is 2.67. The number of methoxy groups -OCH3 is 1. The van der Waals surface area contributed by atoms with Gasteiger partial charge in [-0.1, -0.05) is 17.7 Å². The van der Waals surface area contributed by atoms with Gasteiger partial charge in [-0.15, -0.1) is 0 Å². The molecule has 0 amide bonds. The predicted octanol–water partition coefficient (Wildman–Crippen LogP) is 3.82. The van der Waals surface area contributed by atoms with Crippen molar-refractivity contribution >= 4 is 29.1 Å². The molecule has 1 atom stereocenters. The second-order valence-electron chi connectivity index (χ2n) is 5.47. The summed E-state index contributed by atoms with van der Waals surface area (Å²) in [6, 6.07) is 9.22. The number of non-ortho nitro benzene ring substituents is 1. The molecule has 0 saturated heterocycles. The molecule has 8 heteroatoms. The van der Waals surface area contributed by atoms with Gasteiger partial charge in [-0.05, 0) is 35.9 Å². The van der Waals surface area contributed by atoms with Gasteiger partial charge in [-0.25, -0.2) is 9.78 Å². The fraction of sp³-hybridized carbons (Fsp3) is 0.111. The molecule has 2 aromatic rings. The van der Waals surface area contributed by atoms with Gasteiger partial charge < -0.3 is 9.64 Å². The normalized spacial score (nSPS) is 16.2. The number of halogens is 1. The lowest BCUT2D eigenvalue weighted by molar-refractivity contribution is -0.384. The van der Waals surface area contributed by atoms with Crippen molar-refractivity contribution in [3.63, 3.8) is 0 Å². The van der Waals surface area contributed by atoms with Crippen molar-refractivity contribution in [2.24, 2.45) is 0 Å². The van der Waals surface area contributed by atoms with Gasteiger partial charge in [0.1, 0.15) is 5.82 Å². The highest BCUT2D eigenvalue weighted by Gasteiger charge is 2.24. The first-order chi connectivity index (χ1) is 12.5. The molecule has 0 aliphatic carbocycles. The Bertz CT molecular complexity index is 909. The molecule has 0 bridgehead atoms. The third kappa shape index (κ3) is 3.57. The number of nitro groups is 1. The van der Waals surface area contributed by atoms with Gasteiger partial charge in [0.2, 0.25) is 0 Å². The van der Waals surface area contributed by atoms with E-state index in [0.717, 1.165) is 5.56 Å². The first-order valence-electron chi connectivity index (χ1n) is 7.62. The Balaban J connectivity index is 2.02. The zero-order chi connectivity index (χ0) is 18.7. The second-order valence-corrected chi connectivity index (χ2v) is 5.90. The molecule has 1 aromatic heterocycles. The smallest absolute Gasteiger partial charge is 0.339 e. The Morgan fingerprint density at radius 1 is 1.31 bits per heavy atom. The highest BCUT2D eigenvalue weighted by atomic mass is 35.5. The van der Waals surface area contributed by atoms with Gasteiger partial charge in [0, 0.05) is 29.6 Å². The molecule has 0 fully saturated rings. The number of hydrogen-bond acceptors (Lipinski definition) is 6. The van der Waals surface area contributed by atoms with Crippen LogP contribution in [0.5, 0.6) is 0 Å². The van der Waals surface area contributed by atoms with Gasteiger partial charge in [0.05, 0.1) is 23.6 Å². The number of anilines is 1. The molecule has 1 aliphatic rings. The van der Waals surface area contributed by atoms with Crippen molar-refractivity contribution in [1.29, 1.82) is 0 Å². The van der Waals surface area contributed by atoms with Crippen LogP contribution >= 0.6 is 11.6 Å². The van der Waals surface area contributed by atoms with Crippen molar-refractivity contribution in [1.82, 2.24) is 4.98 Å². The van der Waals surface area contributed by atoms with E-state index in [4.69, 9.17) is 16.3 Å². The Labute approximate surface area is 154 Å². The van der Waals surface area contributed by atoms with E-state index in [1.54, 1.807) is 53.7 Å². The van der Waals surface area contributed by atoms with Crippen molar-refractivity contribution in [3.05, 3.63) is 87.2 Å². The van der Waals surface area contributed by atoms with Crippen molar-refractivity contribution < 1.29 is 14.5 Å². The maximum Gasteiger partial charge on any atom is 0.339 e. The number of benzene rings is 1. The summed E-state index contributed by atoms with van der Waals surface area (Å²) in [7, 11) is 1.31. The molecule has 132 valence electrons. The minimum absolute atomic E-state index is 0.00626. The molecule has 0 saturated carbocycles. The highest BCUT2D eigenvalue weighted by molar-refractivity contribution is 6.30. The molecule has 0 N–H and O–H groups in total. The van der Waals surface area contributed by atoms with E-state index in [2.05, 4.69) is 4.98 Å². The van der Waals surface area contributed by atoms with Crippen molar-refractivity contribution in [2.45, 2.75) is 6.04 Å². The van der Waals surface area contributed by atoms with Crippen molar-refractivity contribution in [2.75, 3.05) is 12.0 Å². The number of esters is 1. The maximum absolute atomic E-state index is 11.9. The van der Waals surface area contributed by atoms with Crippen LogP contribution in [0, 0.1) is 10.1 Å². The maximum atomic E-state index is 11.9. The van der Waals surface area contributed by atoms with E-state index in [1.165, 1.54) is 19.2 Å². The molecule has 26 heavy (non-hydrogen) atoms. The summed E-state index contributed by atoms with van der Waals surface area (Å²) in [6.45, 7) is 0. The Hall–Kier alpha value is -3.19. The highest BCUT2D eigenvalue weighted by Crippen LogP contribution is 2.33. The topological polar surface area (TPSA) is 85.6 Å². The molecule has 2 heterocycles. The molecule has 0 radical (unpaired) electrons. The fourth-order valence-electron chi connectivity index (χ4n) is 2.61. The zero-order valence-electron chi connectivity index (χ0n) is 13.7. The lowest BCUT2D eigenvalue weighted by Gasteiger charge is -2.31. The summed E-state index contributed by atoms with van der Waals surface area (Å²) in [5, 5.41) is 11.4. The standard InChI is InChI=1S/C18H14ClN3O4/c1-26-18(23)13-4-7-16(12-2-5-15(6-3-12)22(24)25)21(11-13)17-10-14(19)8-9-20-17/h2-11,16H,1H3. The summed E-state index contributed by atoms with van der Waals surface area (Å²) in [6.07, 6.45) is 6.64. The third-order valence-corrected chi connectivity index (χ3v) is 4.11. The summed E-state index contributed by atoms with van der Waals surface area (Å²) in [4.78, 5) is 28.4. The van der Waals surface area contributed by atoms with Crippen LogP contribution in [-0.2, 0) is 9.53 Å². The van der Waals surface area contributed by atoms with Crippen LogP contribution in [0.25, 0.3) is 0 Å². The van der Waals surface area contributed by atoms with E-state index in [9.17, 15) is 14.9 Å². The Morgan fingerprint density at radius 3 is 2.65 bits per heavy atom. The van der Waals surface area contributed by atoms with Crippen LogP contribution in [-0.4, -0.2) is 23.0 Å². The number of carbonyl (C=O) groups excluding carboxylic acids is 1. The van der Waals surface area contributed by atoms with Crippen LogP contribution in [0.15, 0.2) is 66.5 Å². The lowest BCUT2D eigenvalue weighted by atomic mass is 10.0. The number of nitrogens with zero attached hydrogens (tertiary/aromatic N) is 3. The van der Waals surface area contributed by atoms with Gasteiger partial charge in [-0.2, -0.15) is 0 Å². The molecule has 3 rings (SSSR count). The summed E-state index contributed by atoms with van der Waals surface area (Å²) in [5.41, 5.74) is 1.16. The second kappa shape index (κ2) is 7.37. The number of hydrogen-bond donors (Lipinski definition) is 0. The largest absolute Gasteiger partial charge is 0.465 e. The SMILES string of the molecule is COC(=O)C1=CN(c2cc(Cl)ccn2)C(c2ccc([N+](=O)[O-])cc2)C=C1. The molecule has 7 nitrogen and oxygen atoms in total.